The fraction of sp³-hybridized carbons (Fsp3) is 0.880. The summed E-state index contributed by atoms with van der Waals surface area (Å²) in [6.45, 7) is 4.35. The molecule has 2 unspecified atom stereocenters. The second kappa shape index (κ2) is 20.7. The Hall–Kier alpha value is -0.920. The molecule has 7 heteroatoms. The summed E-state index contributed by atoms with van der Waals surface area (Å²) in [6, 6.07) is -0.965. The van der Waals surface area contributed by atoms with Crippen LogP contribution in [0.1, 0.15) is 123 Å². The van der Waals surface area contributed by atoms with Gasteiger partial charge in [0.05, 0.1) is 17.9 Å². The van der Waals surface area contributed by atoms with Gasteiger partial charge < -0.3 is 10.4 Å². The van der Waals surface area contributed by atoms with Crippen LogP contribution in [-0.4, -0.2) is 41.9 Å². The van der Waals surface area contributed by atoms with Crippen molar-refractivity contribution in [2.24, 2.45) is 0 Å². The molecule has 0 aromatic heterocycles. The molecule has 2 atom stereocenters. The van der Waals surface area contributed by atoms with E-state index in [0.29, 0.717) is 12.8 Å². The Kier molecular flexibility index (Phi) is 20.1. The Labute approximate surface area is 197 Å². The summed E-state index contributed by atoms with van der Waals surface area (Å²) in [7, 11) is -4.28. The number of nitrogens with one attached hydrogen (secondary N) is 1. The van der Waals surface area contributed by atoms with Crippen molar-refractivity contribution in [3.05, 3.63) is 12.2 Å². The molecular formula is C25H49NO5S. The maximum Gasteiger partial charge on any atom is 0.266 e. The highest BCUT2D eigenvalue weighted by atomic mass is 32.2. The fourth-order valence-corrected chi connectivity index (χ4v) is 4.48. The first-order valence-electron chi connectivity index (χ1n) is 12.9. The Morgan fingerprint density at radius 1 is 0.812 bits per heavy atom. The molecule has 32 heavy (non-hydrogen) atoms. The van der Waals surface area contributed by atoms with Crippen LogP contribution in [0.4, 0.5) is 0 Å². The van der Waals surface area contributed by atoms with Crippen LogP contribution in [0.5, 0.6) is 0 Å². The minimum Gasteiger partial charge on any atom is -0.391 e. The lowest BCUT2D eigenvalue weighted by Crippen LogP contribution is -2.47. The zero-order valence-corrected chi connectivity index (χ0v) is 21.4. The molecule has 0 saturated heterocycles. The van der Waals surface area contributed by atoms with E-state index in [9.17, 15) is 22.9 Å². The first-order chi connectivity index (χ1) is 15.3. The van der Waals surface area contributed by atoms with Crippen LogP contribution in [0.25, 0.3) is 0 Å². The van der Waals surface area contributed by atoms with Gasteiger partial charge in [-0.15, -0.1) is 0 Å². The van der Waals surface area contributed by atoms with Crippen molar-refractivity contribution >= 4 is 16.0 Å². The summed E-state index contributed by atoms with van der Waals surface area (Å²) < 4.78 is 31.8. The lowest BCUT2D eigenvalue weighted by Gasteiger charge is -2.23. The monoisotopic (exact) mass is 475 g/mol. The van der Waals surface area contributed by atoms with Gasteiger partial charge in [-0.1, -0.05) is 96.6 Å². The Morgan fingerprint density at radius 2 is 1.34 bits per heavy atom. The number of hydrogen-bond donors (Lipinski definition) is 3. The largest absolute Gasteiger partial charge is 0.391 e. The van der Waals surface area contributed by atoms with E-state index in [0.717, 1.165) is 70.6 Å². The lowest BCUT2D eigenvalue weighted by molar-refractivity contribution is -0.122. The van der Waals surface area contributed by atoms with Crippen LogP contribution >= 0.6 is 0 Å². The number of rotatable bonds is 22. The minimum atomic E-state index is -4.28. The number of hydrogen-bond acceptors (Lipinski definition) is 4. The number of unbranched alkanes of at least 4 members (excludes halogenated alkanes) is 12. The third-order valence-electron chi connectivity index (χ3n) is 5.72. The van der Waals surface area contributed by atoms with Gasteiger partial charge in [0.2, 0.25) is 5.91 Å². The van der Waals surface area contributed by atoms with Gasteiger partial charge >= 0.3 is 0 Å². The lowest BCUT2D eigenvalue weighted by atomic mass is 10.0. The summed E-state index contributed by atoms with van der Waals surface area (Å²) in [5.74, 6) is -0.916. The van der Waals surface area contributed by atoms with Gasteiger partial charge in [-0.3, -0.25) is 9.35 Å². The van der Waals surface area contributed by atoms with Crippen molar-refractivity contribution in [2.75, 3.05) is 5.75 Å². The standard InChI is InChI=1S/C25H49NO5S/c1-3-5-7-9-11-12-13-14-15-17-19-21-25(28)26-23(22-32(29,30)31)24(27)20-18-16-10-8-6-4-2/h9,11,23-24,27H,3-8,10,12-22H2,1-2H3,(H,26,28)(H,29,30,31)/b11-9-. The van der Waals surface area contributed by atoms with Gasteiger partial charge in [0.25, 0.3) is 10.1 Å². The summed E-state index contributed by atoms with van der Waals surface area (Å²) in [5, 5.41) is 13.0. The number of aliphatic hydroxyl groups is 1. The molecule has 0 saturated carbocycles. The van der Waals surface area contributed by atoms with Crippen LogP contribution in [0, 0.1) is 0 Å². The van der Waals surface area contributed by atoms with Crippen molar-refractivity contribution < 1.29 is 22.9 Å². The topological polar surface area (TPSA) is 104 Å². The quantitative estimate of drug-likeness (QED) is 0.102. The highest BCUT2D eigenvalue weighted by Gasteiger charge is 2.25. The van der Waals surface area contributed by atoms with Crippen LogP contribution < -0.4 is 5.32 Å². The van der Waals surface area contributed by atoms with E-state index in [4.69, 9.17) is 0 Å². The van der Waals surface area contributed by atoms with E-state index < -0.39 is 28.0 Å². The van der Waals surface area contributed by atoms with E-state index >= 15 is 0 Å². The maximum atomic E-state index is 12.2. The summed E-state index contributed by atoms with van der Waals surface area (Å²) in [4.78, 5) is 12.2. The SMILES string of the molecule is CCCC/C=C\CCCCCCCC(=O)NC(CS(=O)(=O)O)C(O)CCCCCCCC. The van der Waals surface area contributed by atoms with Crippen molar-refractivity contribution in [1.29, 1.82) is 0 Å². The summed E-state index contributed by atoms with van der Waals surface area (Å²) in [5.41, 5.74) is 0. The molecule has 0 heterocycles. The number of allylic oxidation sites excluding steroid dienone is 2. The van der Waals surface area contributed by atoms with E-state index in [2.05, 4.69) is 31.3 Å². The number of amides is 1. The molecule has 0 fully saturated rings. The van der Waals surface area contributed by atoms with Crippen LogP contribution in [-0.2, 0) is 14.9 Å². The second-order valence-electron chi connectivity index (χ2n) is 8.97. The van der Waals surface area contributed by atoms with Crippen molar-refractivity contribution in [3.63, 3.8) is 0 Å². The molecule has 0 spiro atoms. The van der Waals surface area contributed by atoms with Gasteiger partial charge in [-0.2, -0.15) is 8.42 Å². The molecule has 0 radical (unpaired) electrons. The van der Waals surface area contributed by atoms with Gasteiger partial charge in [0.15, 0.2) is 0 Å². The van der Waals surface area contributed by atoms with Crippen molar-refractivity contribution in [3.8, 4) is 0 Å². The molecule has 0 aromatic carbocycles. The molecule has 0 aliphatic heterocycles. The zero-order valence-electron chi connectivity index (χ0n) is 20.6. The van der Waals surface area contributed by atoms with Crippen LogP contribution in [0.3, 0.4) is 0 Å². The summed E-state index contributed by atoms with van der Waals surface area (Å²) in [6.07, 6.45) is 20.5. The predicted octanol–water partition coefficient (Wildman–Crippen LogP) is 5.95. The fourth-order valence-electron chi connectivity index (χ4n) is 3.73. The van der Waals surface area contributed by atoms with E-state index in [1.165, 1.54) is 25.7 Å². The molecule has 0 aliphatic carbocycles. The molecule has 0 bridgehead atoms. The Bertz CT molecular complexity index is 577. The van der Waals surface area contributed by atoms with Crippen molar-refractivity contribution in [1.82, 2.24) is 5.32 Å². The van der Waals surface area contributed by atoms with E-state index in [-0.39, 0.29) is 5.91 Å². The summed E-state index contributed by atoms with van der Waals surface area (Å²) >= 11 is 0. The third-order valence-corrected chi connectivity index (χ3v) is 6.50. The van der Waals surface area contributed by atoms with Gasteiger partial charge in [-0.05, 0) is 32.1 Å². The Morgan fingerprint density at radius 3 is 1.97 bits per heavy atom. The smallest absolute Gasteiger partial charge is 0.266 e. The molecule has 6 nitrogen and oxygen atoms in total. The molecule has 0 aromatic rings. The molecule has 0 rings (SSSR count). The van der Waals surface area contributed by atoms with Gasteiger partial charge in [0, 0.05) is 6.42 Å². The molecular weight excluding hydrogens is 426 g/mol. The number of aliphatic hydroxyl groups excluding tert-OH is 1. The molecule has 0 aliphatic rings. The number of carbonyl (C=O) groups is 1. The first kappa shape index (κ1) is 31.1. The number of carbonyl (C=O) groups excluding carboxylic acids is 1. The zero-order chi connectivity index (χ0) is 24.1. The third kappa shape index (κ3) is 21.0. The average molecular weight is 476 g/mol. The van der Waals surface area contributed by atoms with E-state index in [1.807, 2.05) is 0 Å². The van der Waals surface area contributed by atoms with Crippen LogP contribution in [0.15, 0.2) is 12.2 Å². The predicted molar refractivity (Wildman–Crippen MR) is 133 cm³/mol. The highest BCUT2D eigenvalue weighted by Crippen LogP contribution is 2.13. The highest BCUT2D eigenvalue weighted by molar-refractivity contribution is 7.85. The van der Waals surface area contributed by atoms with Gasteiger partial charge in [-0.25, -0.2) is 0 Å². The molecule has 3 N–H and O–H groups in total. The molecule has 1 amide bonds. The van der Waals surface area contributed by atoms with E-state index in [1.54, 1.807) is 0 Å². The van der Waals surface area contributed by atoms with Gasteiger partial charge in [0.1, 0.15) is 0 Å². The Balaban J connectivity index is 4.10. The second-order valence-corrected chi connectivity index (χ2v) is 10.5. The normalized spacial score (nSPS) is 14.0. The average Bonchev–Trinajstić information content (AvgIpc) is 2.73. The molecule has 190 valence electrons. The van der Waals surface area contributed by atoms with Crippen molar-refractivity contribution in [2.45, 2.75) is 135 Å². The first-order valence-corrected chi connectivity index (χ1v) is 14.5. The van der Waals surface area contributed by atoms with Crippen LogP contribution in [0.2, 0.25) is 0 Å². The maximum absolute atomic E-state index is 12.2. The minimum absolute atomic E-state index is 0.264.